The van der Waals surface area contributed by atoms with Gasteiger partial charge in [0, 0.05) is 38.6 Å². The molecule has 0 aliphatic rings. The molecule has 0 atom stereocenters. The third-order valence-corrected chi connectivity index (χ3v) is 3.40. The van der Waals surface area contributed by atoms with Gasteiger partial charge in [-0.15, -0.1) is 0 Å². The number of aliphatic imine (C=N–C) groups is 1. The summed E-state index contributed by atoms with van der Waals surface area (Å²) in [5.74, 6) is 2.26. The lowest BCUT2D eigenvalue weighted by molar-refractivity contribution is 0.0527. The summed E-state index contributed by atoms with van der Waals surface area (Å²) in [5, 5.41) is 9.25. The normalized spacial score (nSPS) is 12.2. The maximum Gasteiger partial charge on any atom is 0.407 e. The van der Waals surface area contributed by atoms with E-state index in [0.29, 0.717) is 25.6 Å². The molecule has 27 heavy (non-hydrogen) atoms. The second kappa shape index (κ2) is 11.5. The minimum atomic E-state index is -0.478. The molecule has 0 bridgehead atoms. The first-order chi connectivity index (χ1) is 12.7. The lowest BCUT2D eigenvalue weighted by Gasteiger charge is -2.19. The number of imidazole rings is 1. The first kappa shape index (κ1) is 22.8. The molecule has 0 aromatic carbocycles. The van der Waals surface area contributed by atoms with Crippen LogP contribution >= 0.6 is 0 Å². The van der Waals surface area contributed by atoms with Gasteiger partial charge >= 0.3 is 6.09 Å². The third-order valence-electron chi connectivity index (χ3n) is 3.40. The molecule has 0 fully saturated rings. The molecule has 3 N–H and O–H groups in total. The van der Waals surface area contributed by atoms with E-state index in [2.05, 4.69) is 44.3 Å². The SMILES string of the molecule is CCNC(=NCc1nccn1CC(C)C)NCCCNC(=O)OC(C)(C)C. The first-order valence-corrected chi connectivity index (χ1v) is 9.70. The summed E-state index contributed by atoms with van der Waals surface area (Å²) >= 11 is 0. The summed E-state index contributed by atoms with van der Waals surface area (Å²) < 4.78 is 7.35. The Bertz CT molecular complexity index is 589. The average molecular weight is 381 g/mol. The van der Waals surface area contributed by atoms with Crippen molar-refractivity contribution in [2.75, 3.05) is 19.6 Å². The molecular weight excluding hydrogens is 344 g/mol. The van der Waals surface area contributed by atoms with Gasteiger partial charge in [-0.2, -0.15) is 0 Å². The third kappa shape index (κ3) is 10.5. The standard InChI is InChI=1S/C19H36N6O2/c1-7-20-17(22-9-8-10-23-18(26)27-19(4,5)6)24-13-16-21-11-12-25(16)14-15(2)3/h11-12,15H,7-10,13-14H2,1-6H3,(H,23,26)(H2,20,22,24). The Balaban J connectivity index is 2.40. The predicted octanol–water partition coefficient (Wildman–Crippen LogP) is 2.51. The molecule has 1 rings (SSSR count). The van der Waals surface area contributed by atoms with Gasteiger partial charge in [-0.1, -0.05) is 13.8 Å². The van der Waals surface area contributed by atoms with Crippen LogP contribution in [0.3, 0.4) is 0 Å². The van der Waals surface area contributed by atoms with Crippen molar-refractivity contribution in [1.82, 2.24) is 25.5 Å². The number of rotatable bonds is 9. The van der Waals surface area contributed by atoms with Gasteiger partial charge in [-0.05, 0) is 40.0 Å². The summed E-state index contributed by atoms with van der Waals surface area (Å²) in [7, 11) is 0. The van der Waals surface area contributed by atoms with Crippen LogP contribution in [0, 0.1) is 5.92 Å². The maximum atomic E-state index is 11.6. The predicted molar refractivity (Wildman–Crippen MR) is 109 cm³/mol. The number of ether oxygens (including phenoxy) is 1. The van der Waals surface area contributed by atoms with Crippen LogP contribution in [-0.2, 0) is 17.8 Å². The number of nitrogens with zero attached hydrogens (tertiary/aromatic N) is 3. The van der Waals surface area contributed by atoms with Crippen molar-refractivity contribution >= 4 is 12.1 Å². The summed E-state index contributed by atoms with van der Waals surface area (Å²) in [6.45, 7) is 15.4. The molecule has 8 nitrogen and oxygen atoms in total. The fraction of sp³-hybridized carbons (Fsp3) is 0.737. The molecular formula is C19H36N6O2. The van der Waals surface area contributed by atoms with Crippen molar-refractivity contribution in [2.24, 2.45) is 10.9 Å². The minimum absolute atomic E-state index is 0.389. The monoisotopic (exact) mass is 380 g/mol. The van der Waals surface area contributed by atoms with Crippen LogP contribution in [0.1, 0.15) is 53.8 Å². The zero-order valence-corrected chi connectivity index (χ0v) is 17.6. The van der Waals surface area contributed by atoms with Gasteiger partial charge in [0.15, 0.2) is 5.96 Å². The van der Waals surface area contributed by atoms with Crippen molar-refractivity contribution in [1.29, 1.82) is 0 Å². The molecule has 1 aromatic rings. The van der Waals surface area contributed by atoms with Crippen LogP contribution in [0.15, 0.2) is 17.4 Å². The second-order valence-electron chi connectivity index (χ2n) is 7.79. The van der Waals surface area contributed by atoms with Gasteiger partial charge in [0.1, 0.15) is 18.0 Å². The number of aromatic nitrogens is 2. The molecule has 0 saturated carbocycles. The largest absolute Gasteiger partial charge is 0.444 e. The van der Waals surface area contributed by atoms with Gasteiger partial charge < -0.3 is 25.3 Å². The van der Waals surface area contributed by atoms with Crippen molar-refractivity contribution in [3.63, 3.8) is 0 Å². The van der Waals surface area contributed by atoms with E-state index in [1.54, 1.807) is 0 Å². The van der Waals surface area contributed by atoms with E-state index < -0.39 is 5.60 Å². The molecule has 0 aliphatic carbocycles. The Kier molecular flexibility index (Phi) is 9.67. The molecule has 1 heterocycles. The Hall–Kier alpha value is -2.25. The Morgan fingerprint density at radius 3 is 2.59 bits per heavy atom. The van der Waals surface area contributed by atoms with Gasteiger partial charge in [0.2, 0.25) is 0 Å². The van der Waals surface area contributed by atoms with E-state index in [9.17, 15) is 4.79 Å². The fourth-order valence-corrected chi connectivity index (χ4v) is 2.34. The molecule has 1 aromatic heterocycles. The molecule has 0 unspecified atom stereocenters. The minimum Gasteiger partial charge on any atom is -0.444 e. The van der Waals surface area contributed by atoms with E-state index in [0.717, 1.165) is 31.3 Å². The molecule has 0 radical (unpaired) electrons. The molecule has 154 valence electrons. The van der Waals surface area contributed by atoms with E-state index in [4.69, 9.17) is 4.74 Å². The highest BCUT2D eigenvalue weighted by Gasteiger charge is 2.15. The Morgan fingerprint density at radius 1 is 1.26 bits per heavy atom. The van der Waals surface area contributed by atoms with Crippen LogP contribution < -0.4 is 16.0 Å². The van der Waals surface area contributed by atoms with Crippen LogP contribution in [-0.4, -0.2) is 46.8 Å². The smallest absolute Gasteiger partial charge is 0.407 e. The number of carbonyl (C=O) groups is 1. The topological polar surface area (TPSA) is 92.6 Å². The van der Waals surface area contributed by atoms with Gasteiger partial charge in [0.05, 0.1) is 0 Å². The highest BCUT2D eigenvalue weighted by molar-refractivity contribution is 5.79. The van der Waals surface area contributed by atoms with E-state index >= 15 is 0 Å². The second-order valence-corrected chi connectivity index (χ2v) is 7.79. The lowest BCUT2D eigenvalue weighted by Crippen LogP contribution is -2.39. The van der Waals surface area contributed by atoms with Crippen molar-refractivity contribution in [3.05, 3.63) is 18.2 Å². The molecule has 1 amide bonds. The number of carbonyl (C=O) groups excluding carboxylic acids is 1. The van der Waals surface area contributed by atoms with Crippen molar-refractivity contribution < 1.29 is 9.53 Å². The van der Waals surface area contributed by atoms with Crippen LogP contribution in [0.2, 0.25) is 0 Å². The summed E-state index contributed by atoms with van der Waals surface area (Å²) in [5.41, 5.74) is -0.478. The fourth-order valence-electron chi connectivity index (χ4n) is 2.34. The van der Waals surface area contributed by atoms with Crippen molar-refractivity contribution in [3.8, 4) is 0 Å². The van der Waals surface area contributed by atoms with E-state index in [-0.39, 0.29) is 6.09 Å². The number of nitrogens with one attached hydrogen (secondary N) is 3. The summed E-state index contributed by atoms with van der Waals surface area (Å²) in [6, 6.07) is 0. The van der Waals surface area contributed by atoms with E-state index in [1.165, 1.54) is 0 Å². The van der Waals surface area contributed by atoms with Gasteiger partial charge in [-0.25, -0.2) is 14.8 Å². The Labute approximate surface area is 163 Å². The molecule has 0 spiro atoms. The zero-order chi connectivity index (χ0) is 20.3. The molecule has 0 saturated heterocycles. The number of alkyl carbamates (subject to hydrolysis) is 1. The maximum absolute atomic E-state index is 11.6. The zero-order valence-electron chi connectivity index (χ0n) is 17.6. The molecule has 0 aliphatic heterocycles. The number of amides is 1. The summed E-state index contributed by atoms with van der Waals surface area (Å²) in [4.78, 5) is 20.6. The van der Waals surface area contributed by atoms with Crippen LogP contribution in [0.4, 0.5) is 4.79 Å². The highest BCUT2D eigenvalue weighted by atomic mass is 16.6. The number of hydrogen-bond donors (Lipinski definition) is 3. The van der Waals surface area contributed by atoms with Gasteiger partial charge in [-0.3, -0.25) is 0 Å². The van der Waals surface area contributed by atoms with Crippen molar-refractivity contribution in [2.45, 2.75) is 66.7 Å². The number of hydrogen-bond acceptors (Lipinski definition) is 4. The molecule has 8 heteroatoms. The lowest BCUT2D eigenvalue weighted by atomic mass is 10.2. The van der Waals surface area contributed by atoms with Crippen LogP contribution in [0.5, 0.6) is 0 Å². The highest BCUT2D eigenvalue weighted by Crippen LogP contribution is 2.06. The van der Waals surface area contributed by atoms with E-state index in [1.807, 2.05) is 40.1 Å². The first-order valence-electron chi connectivity index (χ1n) is 9.70. The quantitative estimate of drug-likeness (QED) is 0.348. The average Bonchev–Trinajstić information content (AvgIpc) is 2.96. The van der Waals surface area contributed by atoms with Crippen LogP contribution in [0.25, 0.3) is 0 Å². The number of guanidine groups is 1. The Morgan fingerprint density at radius 2 is 1.96 bits per heavy atom. The summed E-state index contributed by atoms with van der Waals surface area (Å²) in [6.07, 6.45) is 4.19. The van der Waals surface area contributed by atoms with Gasteiger partial charge in [0.25, 0.3) is 0 Å².